The van der Waals surface area contributed by atoms with Gasteiger partial charge in [-0.2, -0.15) is 5.10 Å². The maximum Gasteiger partial charge on any atom is 0.154 e. The standard InChI is InChI=1S/C16H22N4/c1-20-16(14(11-17)12-7-3-2-4-8-12)18-15(19-20)13-9-5-6-10-13/h2-4,7-8,13-14H,5-6,9-11,17H2,1H3. The summed E-state index contributed by atoms with van der Waals surface area (Å²) in [6.07, 6.45) is 5.05. The summed E-state index contributed by atoms with van der Waals surface area (Å²) in [6, 6.07) is 10.3. The highest BCUT2D eigenvalue weighted by Gasteiger charge is 2.25. The van der Waals surface area contributed by atoms with E-state index in [2.05, 4.69) is 17.2 Å². The van der Waals surface area contributed by atoms with Crippen molar-refractivity contribution in [2.45, 2.75) is 37.5 Å². The Hall–Kier alpha value is -1.68. The molecule has 1 aromatic carbocycles. The normalized spacial score (nSPS) is 17.5. The van der Waals surface area contributed by atoms with Crippen molar-refractivity contribution in [1.29, 1.82) is 0 Å². The smallest absolute Gasteiger partial charge is 0.154 e. The minimum absolute atomic E-state index is 0.129. The molecule has 2 aromatic rings. The van der Waals surface area contributed by atoms with Crippen LogP contribution in [0.1, 0.15) is 54.7 Å². The highest BCUT2D eigenvalue weighted by Crippen LogP contribution is 2.33. The van der Waals surface area contributed by atoms with Crippen LogP contribution in [-0.4, -0.2) is 21.3 Å². The molecule has 1 atom stereocenters. The zero-order valence-electron chi connectivity index (χ0n) is 12.0. The summed E-state index contributed by atoms with van der Waals surface area (Å²) in [5, 5.41) is 4.64. The molecule has 1 aliphatic carbocycles. The third kappa shape index (κ3) is 2.48. The third-order valence-corrected chi connectivity index (χ3v) is 4.28. The van der Waals surface area contributed by atoms with Gasteiger partial charge < -0.3 is 5.73 Å². The van der Waals surface area contributed by atoms with Crippen LogP contribution in [0.5, 0.6) is 0 Å². The van der Waals surface area contributed by atoms with Crippen molar-refractivity contribution in [3.05, 3.63) is 47.5 Å². The van der Waals surface area contributed by atoms with Crippen molar-refractivity contribution in [2.24, 2.45) is 12.8 Å². The first-order valence-corrected chi connectivity index (χ1v) is 7.45. The number of rotatable bonds is 4. The fourth-order valence-electron chi connectivity index (χ4n) is 3.15. The van der Waals surface area contributed by atoms with Crippen molar-refractivity contribution >= 4 is 0 Å². The number of aromatic nitrogens is 3. The lowest BCUT2D eigenvalue weighted by atomic mass is 9.98. The number of nitrogens with zero attached hydrogens (tertiary/aromatic N) is 3. The van der Waals surface area contributed by atoms with Crippen LogP contribution in [0.2, 0.25) is 0 Å². The molecule has 4 heteroatoms. The second kappa shape index (κ2) is 5.75. The van der Waals surface area contributed by atoms with E-state index >= 15 is 0 Å². The SMILES string of the molecule is Cn1nc(C2CCCC2)nc1C(CN)c1ccccc1. The molecule has 1 unspecified atom stereocenters. The van der Waals surface area contributed by atoms with Crippen molar-refractivity contribution in [2.75, 3.05) is 6.54 Å². The van der Waals surface area contributed by atoms with Gasteiger partial charge in [-0.1, -0.05) is 43.2 Å². The molecule has 106 valence electrons. The molecule has 1 aliphatic rings. The fraction of sp³-hybridized carbons (Fsp3) is 0.500. The van der Waals surface area contributed by atoms with Gasteiger partial charge in [0.2, 0.25) is 0 Å². The molecule has 0 saturated heterocycles. The Morgan fingerprint density at radius 2 is 1.95 bits per heavy atom. The van der Waals surface area contributed by atoms with Crippen molar-refractivity contribution < 1.29 is 0 Å². The van der Waals surface area contributed by atoms with Crippen LogP contribution >= 0.6 is 0 Å². The van der Waals surface area contributed by atoms with E-state index in [1.54, 1.807) is 0 Å². The second-order valence-electron chi connectivity index (χ2n) is 5.63. The van der Waals surface area contributed by atoms with Gasteiger partial charge in [0.1, 0.15) is 5.82 Å². The highest BCUT2D eigenvalue weighted by molar-refractivity contribution is 5.26. The zero-order chi connectivity index (χ0) is 13.9. The van der Waals surface area contributed by atoms with Gasteiger partial charge in [0.05, 0.1) is 5.92 Å². The first kappa shape index (κ1) is 13.3. The lowest BCUT2D eigenvalue weighted by Crippen LogP contribution is -2.18. The summed E-state index contributed by atoms with van der Waals surface area (Å²) in [5.74, 6) is 2.67. The van der Waals surface area contributed by atoms with Crippen LogP contribution in [0.15, 0.2) is 30.3 Å². The van der Waals surface area contributed by atoms with Crippen molar-refractivity contribution in [3.8, 4) is 0 Å². The molecule has 1 saturated carbocycles. The van der Waals surface area contributed by atoms with E-state index in [0.29, 0.717) is 12.5 Å². The van der Waals surface area contributed by atoms with E-state index in [0.717, 1.165) is 11.6 Å². The summed E-state index contributed by atoms with van der Waals surface area (Å²) >= 11 is 0. The van der Waals surface area contributed by atoms with E-state index in [4.69, 9.17) is 10.7 Å². The van der Waals surface area contributed by atoms with Gasteiger partial charge in [0, 0.05) is 19.5 Å². The van der Waals surface area contributed by atoms with Crippen LogP contribution in [0.25, 0.3) is 0 Å². The van der Waals surface area contributed by atoms with E-state index in [-0.39, 0.29) is 5.92 Å². The van der Waals surface area contributed by atoms with Gasteiger partial charge in [0.15, 0.2) is 5.82 Å². The second-order valence-corrected chi connectivity index (χ2v) is 5.63. The Morgan fingerprint density at radius 1 is 1.25 bits per heavy atom. The molecule has 0 bridgehead atoms. The summed E-state index contributed by atoms with van der Waals surface area (Å²) in [7, 11) is 1.98. The summed E-state index contributed by atoms with van der Waals surface area (Å²) in [4.78, 5) is 4.81. The van der Waals surface area contributed by atoms with Crippen LogP contribution < -0.4 is 5.73 Å². The van der Waals surface area contributed by atoms with Crippen LogP contribution in [0, 0.1) is 0 Å². The Morgan fingerprint density at radius 3 is 2.60 bits per heavy atom. The Kier molecular flexibility index (Phi) is 3.83. The maximum absolute atomic E-state index is 5.99. The van der Waals surface area contributed by atoms with E-state index < -0.39 is 0 Å². The van der Waals surface area contributed by atoms with Crippen LogP contribution in [0.4, 0.5) is 0 Å². The Bertz CT molecular complexity index is 555. The number of nitrogens with two attached hydrogens (primary N) is 1. The highest BCUT2D eigenvalue weighted by atomic mass is 15.3. The van der Waals surface area contributed by atoms with Gasteiger partial charge in [0.25, 0.3) is 0 Å². The van der Waals surface area contributed by atoms with Gasteiger partial charge in [-0.05, 0) is 18.4 Å². The fourth-order valence-corrected chi connectivity index (χ4v) is 3.15. The molecule has 0 spiro atoms. The first-order valence-electron chi connectivity index (χ1n) is 7.45. The lowest BCUT2D eigenvalue weighted by Gasteiger charge is -2.13. The average Bonchev–Trinajstić information content (AvgIpc) is 3.11. The monoisotopic (exact) mass is 270 g/mol. The molecule has 1 fully saturated rings. The summed E-state index contributed by atoms with van der Waals surface area (Å²) in [6.45, 7) is 0.556. The molecule has 0 radical (unpaired) electrons. The molecule has 2 N–H and O–H groups in total. The topological polar surface area (TPSA) is 56.7 Å². The largest absolute Gasteiger partial charge is 0.329 e. The minimum atomic E-state index is 0.129. The molecular weight excluding hydrogens is 248 g/mol. The molecule has 0 amide bonds. The number of benzene rings is 1. The number of hydrogen-bond acceptors (Lipinski definition) is 3. The third-order valence-electron chi connectivity index (χ3n) is 4.28. The molecule has 3 rings (SSSR count). The van der Waals surface area contributed by atoms with Gasteiger partial charge in [-0.25, -0.2) is 4.98 Å². The molecule has 4 nitrogen and oxygen atoms in total. The predicted molar refractivity (Wildman–Crippen MR) is 79.6 cm³/mol. The van der Waals surface area contributed by atoms with Crippen molar-refractivity contribution in [1.82, 2.24) is 14.8 Å². The molecular formula is C16H22N4. The molecule has 20 heavy (non-hydrogen) atoms. The number of hydrogen-bond donors (Lipinski definition) is 1. The van der Waals surface area contributed by atoms with E-state index in [9.17, 15) is 0 Å². The maximum atomic E-state index is 5.99. The van der Waals surface area contributed by atoms with Crippen LogP contribution in [0.3, 0.4) is 0 Å². The van der Waals surface area contributed by atoms with Gasteiger partial charge in [-0.3, -0.25) is 4.68 Å². The van der Waals surface area contributed by atoms with E-state index in [1.807, 2.05) is 29.9 Å². The average molecular weight is 270 g/mol. The summed E-state index contributed by atoms with van der Waals surface area (Å²) in [5.41, 5.74) is 7.20. The molecule has 0 aliphatic heterocycles. The number of aryl methyl sites for hydroxylation is 1. The zero-order valence-corrected chi connectivity index (χ0v) is 12.0. The first-order chi connectivity index (χ1) is 9.79. The van der Waals surface area contributed by atoms with Gasteiger partial charge in [-0.15, -0.1) is 0 Å². The minimum Gasteiger partial charge on any atom is -0.329 e. The van der Waals surface area contributed by atoms with E-state index in [1.165, 1.54) is 31.2 Å². The Labute approximate surface area is 120 Å². The molecule has 1 heterocycles. The van der Waals surface area contributed by atoms with Gasteiger partial charge >= 0.3 is 0 Å². The lowest BCUT2D eigenvalue weighted by molar-refractivity contribution is 0.630. The summed E-state index contributed by atoms with van der Waals surface area (Å²) < 4.78 is 1.91. The van der Waals surface area contributed by atoms with Crippen molar-refractivity contribution in [3.63, 3.8) is 0 Å². The Balaban J connectivity index is 1.92. The molecule has 1 aromatic heterocycles. The predicted octanol–water partition coefficient (Wildman–Crippen LogP) is 2.56. The van der Waals surface area contributed by atoms with Crippen LogP contribution in [-0.2, 0) is 7.05 Å². The quantitative estimate of drug-likeness (QED) is 0.929.